The number of aromatic hydroxyl groups is 1. The van der Waals surface area contributed by atoms with Crippen LogP contribution in [0.4, 0.5) is 0 Å². The number of H-pyrrole nitrogens is 1. The van der Waals surface area contributed by atoms with Crippen LogP contribution in [0.15, 0.2) is 63.2 Å². The Morgan fingerprint density at radius 2 is 1.85 bits per heavy atom. The number of carbonyl (C=O) groups excluding carboxylic acids is 1. The second-order valence-electron chi connectivity index (χ2n) is 7.94. The summed E-state index contributed by atoms with van der Waals surface area (Å²) in [5, 5.41) is 16.8. The molecular formula is C25H26N4O5. The molecule has 9 nitrogen and oxygen atoms in total. The van der Waals surface area contributed by atoms with Gasteiger partial charge in [0.15, 0.2) is 0 Å². The molecule has 1 aliphatic heterocycles. The van der Waals surface area contributed by atoms with Gasteiger partial charge in [-0.3, -0.25) is 14.6 Å². The Labute approximate surface area is 195 Å². The summed E-state index contributed by atoms with van der Waals surface area (Å²) in [4.78, 5) is 40.4. The molecular weight excluding hydrogens is 436 g/mol. The Balaban J connectivity index is 1.81. The Morgan fingerprint density at radius 1 is 1.15 bits per heavy atom. The number of hydrazone groups is 1. The van der Waals surface area contributed by atoms with Crippen LogP contribution in [0.25, 0.3) is 5.69 Å². The molecule has 2 aromatic carbocycles. The van der Waals surface area contributed by atoms with Gasteiger partial charge < -0.3 is 9.84 Å². The van der Waals surface area contributed by atoms with Crippen LogP contribution < -0.4 is 16.0 Å². The number of aromatic nitrogens is 2. The molecule has 1 amide bonds. The SMILES string of the molecule is CCOc1ccc(C2CC(c3c(O)n(-c4ccccc4C)c(=O)[nH]c3=O)=NN2C(=O)CC)cc1. The number of amides is 1. The maximum Gasteiger partial charge on any atom is 0.335 e. The minimum atomic E-state index is -0.762. The van der Waals surface area contributed by atoms with E-state index in [0.29, 0.717) is 18.0 Å². The van der Waals surface area contributed by atoms with Gasteiger partial charge in [-0.25, -0.2) is 14.4 Å². The molecule has 2 N–H and O–H groups in total. The normalized spacial score (nSPS) is 15.3. The lowest BCUT2D eigenvalue weighted by Gasteiger charge is -2.21. The summed E-state index contributed by atoms with van der Waals surface area (Å²) in [5.41, 5.74) is 0.553. The number of rotatable bonds is 6. The second kappa shape index (κ2) is 9.38. The van der Waals surface area contributed by atoms with Crippen LogP contribution in [0.2, 0.25) is 0 Å². The number of hydrogen-bond acceptors (Lipinski definition) is 6. The molecule has 9 heteroatoms. The van der Waals surface area contributed by atoms with Crippen molar-refractivity contribution in [2.24, 2.45) is 5.10 Å². The van der Waals surface area contributed by atoms with E-state index < -0.39 is 23.2 Å². The molecule has 0 saturated heterocycles. The molecule has 0 saturated carbocycles. The highest BCUT2D eigenvalue weighted by Gasteiger charge is 2.35. The van der Waals surface area contributed by atoms with Gasteiger partial charge in [0.1, 0.15) is 11.3 Å². The fourth-order valence-corrected chi connectivity index (χ4v) is 4.09. The van der Waals surface area contributed by atoms with Crippen LogP contribution in [0.1, 0.15) is 49.4 Å². The summed E-state index contributed by atoms with van der Waals surface area (Å²) in [6.45, 7) is 5.96. The first-order valence-corrected chi connectivity index (χ1v) is 11.1. The molecule has 1 aliphatic rings. The van der Waals surface area contributed by atoms with Crippen LogP contribution in [-0.4, -0.2) is 37.9 Å². The van der Waals surface area contributed by atoms with Gasteiger partial charge in [-0.15, -0.1) is 0 Å². The summed E-state index contributed by atoms with van der Waals surface area (Å²) in [6.07, 6.45) is 0.414. The van der Waals surface area contributed by atoms with E-state index in [-0.39, 0.29) is 30.0 Å². The molecule has 34 heavy (non-hydrogen) atoms. The quantitative estimate of drug-likeness (QED) is 0.584. The summed E-state index contributed by atoms with van der Waals surface area (Å²) in [6, 6.07) is 13.9. The number of carbonyl (C=O) groups is 1. The highest BCUT2D eigenvalue weighted by molar-refractivity contribution is 6.04. The number of hydrogen-bond donors (Lipinski definition) is 2. The van der Waals surface area contributed by atoms with Gasteiger partial charge in [0.25, 0.3) is 5.56 Å². The molecule has 0 fully saturated rings. The average molecular weight is 463 g/mol. The van der Waals surface area contributed by atoms with Gasteiger partial charge in [0.2, 0.25) is 11.8 Å². The molecule has 0 aliphatic carbocycles. The third-order valence-electron chi connectivity index (χ3n) is 5.78. The number of benzene rings is 2. The number of nitrogens with one attached hydrogen (secondary N) is 1. The first-order valence-electron chi connectivity index (χ1n) is 11.1. The van der Waals surface area contributed by atoms with Gasteiger partial charge >= 0.3 is 5.69 Å². The van der Waals surface area contributed by atoms with Crippen LogP contribution in [0.5, 0.6) is 11.6 Å². The molecule has 0 spiro atoms. The molecule has 1 aromatic heterocycles. The highest BCUT2D eigenvalue weighted by atomic mass is 16.5. The maximum absolute atomic E-state index is 12.8. The van der Waals surface area contributed by atoms with Gasteiger partial charge in [-0.2, -0.15) is 5.10 Å². The molecule has 1 atom stereocenters. The summed E-state index contributed by atoms with van der Waals surface area (Å²) < 4.78 is 6.54. The van der Waals surface area contributed by atoms with Gasteiger partial charge in [0, 0.05) is 12.8 Å². The smallest absolute Gasteiger partial charge is 0.335 e. The molecule has 1 unspecified atom stereocenters. The maximum atomic E-state index is 12.8. The predicted octanol–water partition coefficient (Wildman–Crippen LogP) is 3.03. The Morgan fingerprint density at radius 3 is 2.50 bits per heavy atom. The second-order valence-corrected chi connectivity index (χ2v) is 7.94. The monoisotopic (exact) mass is 462 g/mol. The van der Waals surface area contributed by atoms with Gasteiger partial charge in [0.05, 0.1) is 24.0 Å². The van der Waals surface area contributed by atoms with Crippen molar-refractivity contribution in [3.05, 3.63) is 86.1 Å². The van der Waals surface area contributed by atoms with E-state index in [1.807, 2.05) is 37.3 Å². The van der Waals surface area contributed by atoms with E-state index in [9.17, 15) is 19.5 Å². The van der Waals surface area contributed by atoms with Crippen LogP contribution in [-0.2, 0) is 4.79 Å². The summed E-state index contributed by atoms with van der Waals surface area (Å²) >= 11 is 0. The largest absolute Gasteiger partial charge is 0.494 e. The van der Waals surface area contributed by atoms with Crippen molar-refractivity contribution in [3.8, 4) is 17.3 Å². The first kappa shape index (κ1) is 23.0. The molecule has 0 radical (unpaired) electrons. The van der Waals surface area contributed by atoms with E-state index in [4.69, 9.17) is 4.74 Å². The number of aryl methyl sites for hydroxylation is 1. The molecule has 176 valence electrons. The predicted molar refractivity (Wildman–Crippen MR) is 128 cm³/mol. The van der Waals surface area contributed by atoms with Crippen LogP contribution in [0, 0.1) is 6.92 Å². The minimum Gasteiger partial charge on any atom is -0.494 e. The van der Waals surface area contributed by atoms with Crippen LogP contribution >= 0.6 is 0 Å². The van der Waals surface area contributed by atoms with Crippen molar-refractivity contribution in [2.75, 3.05) is 6.61 Å². The Kier molecular flexibility index (Phi) is 6.36. The molecule has 4 rings (SSSR count). The minimum absolute atomic E-state index is 0.134. The zero-order valence-electron chi connectivity index (χ0n) is 19.2. The van der Waals surface area contributed by atoms with E-state index in [0.717, 1.165) is 15.7 Å². The first-order chi connectivity index (χ1) is 16.3. The molecule has 2 heterocycles. The van der Waals surface area contributed by atoms with Crippen molar-refractivity contribution in [2.45, 2.75) is 39.7 Å². The van der Waals surface area contributed by atoms with Crippen molar-refractivity contribution in [1.82, 2.24) is 14.6 Å². The lowest BCUT2D eigenvalue weighted by Crippen LogP contribution is -2.33. The number of para-hydroxylation sites is 1. The van der Waals surface area contributed by atoms with E-state index in [1.165, 1.54) is 5.01 Å². The fourth-order valence-electron chi connectivity index (χ4n) is 4.09. The lowest BCUT2D eigenvalue weighted by molar-refractivity contribution is -0.132. The Bertz CT molecular complexity index is 1370. The summed E-state index contributed by atoms with van der Waals surface area (Å²) in [7, 11) is 0. The Hall–Kier alpha value is -4.14. The highest BCUT2D eigenvalue weighted by Crippen LogP contribution is 2.35. The third-order valence-corrected chi connectivity index (χ3v) is 5.78. The third kappa shape index (κ3) is 4.12. The van der Waals surface area contributed by atoms with Crippen molar-refractivity contribution >= 4 is 11.6 Å². The fraction of sp³-hybridized carbons (Fsp3) is 0.280. The van der Waals surface area contributed by atoms with Crippen molar-refractivity contribution in [3.63, 3.8) is 0 Å². The van der Waals surface area contributed by atoms with Gasteiger partial charge in [-0.1, -0.05) is 37.3 Å². The lowest BCUT2D eigenvalue weighted by atomic mass is 9.99. The van der Waals surface area contributed by atoms with Crippen molar-refractivity contribution in [1.29, 1.82) is 0 Å². The zero-order chi connectivity index (χ0) is 24.4. The average Bonchev–Trinajstić information content (AvgIpc) is 3.25. The number of nitrogens with zero attached hydrogens (tertiary/aromatic N) is 3. The summed E-state index contributed by atoms with van der Waals surface area (Å²) in [5.74, 6) is -0.0341. The zero-order valence-corrected chi connectivity index (χ0v) is 19.2. The molecule has 3 aromatic rings. The van der Waals surface area contributed by atoms with E-state index in [1.54, 1.807) is 32.0 Å². The topological polar surface area (TPSA) is 117 Å². The van der Waals surface area contributed by atoms with E-state index in [2.05, 4.69) is 10.1 Å². The number of aromatic amines is 1. The van der Waals surface area contributed by atoms with E-state index >= 15 is 0 Å². The number of ether oxygens (including phenoxy) is 1. The standard InChI is InChI=1S/C25H26N4O5/c1-4-21(30)29-20(16-10-12-17(13-11-16)34-5-2)14-18(27-29)22-23(31)26-25(33)28(24(22)32)19-9-7-6-8-15(19)3/h6-13,20,32H,4-5,14H2,1-3H3,(H,26,31,33). The van der Waals surface area contributed by atoms with Gasteiger partial charge in [-0.05, 0) is 43.2 Å². The van der Waals surface area contributed by atoms with Crippen molar-refractivity contribution < 1.29 is 14.6 Å². The molecule has 0 bridgehead atoms. The van der Waals surface area contributed by atoms with Crippen LogP contribution in [0.3, 0.4) is 0 Å².